The van der Waals surface area contributed by atoms with Crippen molar-refractivity contribution in [2.75, 3.05) is 0 Å². The minimum Gasteiger partial charge on any atom is -0.310 e. The number of hydrogen-bond acceptors (Lipinski definition) is 2. The van der Waals surface area contributed by atoms with Crippen LogP contribution in [0.4, 0.5) is 4.39 Å². The molecule has 2 unspecified atom stereocenters. The van der Waals surface area contributed by atoms with Gasteiger partial charge in [0, 0.05) is 12.6 Å². The maximum absolute atomic E-state index is 13.2. The van der Waals surface area contributed by atoms with Crippen LogP contribution in [0, 0.1) is 23.1 Å². The first-order valence-corrected chi connectivity index (χ1v) is 7.16. The molecule has 1 N–H and O–H groups in total. The Kier molecular flexibility index (Phi) is 4.93. The van der Waals surface area contributed by atoms with E-state index in [9.17, 15) is 4.39 Å². The number of rotatable bonds is 4. The van der Waals surface area contributed by atoms with Crippen molar-refractivity contribution in [3.8, 4) is 6.07 Å². The summed E-state index contributed by atoms with van der Waals surface area (Å²) in [4.78, 5) is 0. The van der Waals surface area contributed by atoms with Crippen LogP contribution in [0.1, 0.15) is 50.2 Å². The van der Waals surface area contributed by atoms with Crippen LogP contribution in [-0.2, 0) is 6.54 Å². The van der Waals surface area contributed by atoms with E-state index in [1.165, 1.54) is 38.2 Å². The minimum atomic E-state index is -0.435. The topological polar surface area (TPSA) is 35.8 Å². The Morgan fingerprint density at radius 3 is 2.89 bits per heavy atom. The van der Waals surface area contributed by atoms with Gasteiger partial charge in [0.05, 0.1) is 5.56 Å². The van der Waals surface area contributed by atoms with Gasteiger partial charge in [-0.15, -0.1) is 0 Å². The Morgan fingerprint density at radius 1 is 1.37 bits per heavy atom. The summed E-state index contributed by atoms with van der Waals surface area (Å²) in [5.74, 6) is 0.319. The normalized spacial score (nSPS) is 23.0. The molecule has 1 fully saturated rings. The molecule has 1 saturated carbocycles. The second kappa shape index (κ2) is 6.68. The highest BCUT2D eigenvalue weighted by molar-refractivity contribution is 5.34. The van der Waals surface area contributed by atoms with E-state index in [0.717, 1.165) is 18.0 Å². The van der Waals surface area contributed by atoms with Gasteiger partial charge in [-0.2, -0.15) is 5.26 Å². The van der Waals surface area contributed by atoms with Gasteiger partial charge in [-0.25, -0.2) is 4.39 Å². The van der Waals surface area contributed by atoms with Crippen LogP contribution in [0.25, 0.3) is 0 Å². The zero-order valence-electron chi connectivity index (χ0n) is 11.5. The third kappa shape index (κ3) is 3.54. The molecule has 0 spiro atoms. The van der Waals surface area contributed by atoms with Crippen molar-refractivity contribution in [3.63, 3.8) is 0 Å². The minimum absolute atomic E-state index is 0.134. The van der Waals surface area contributed by atoms with E-state index < -0.39 is 5.82 Å². The van der Waals surface area contributed by atoms with Gasteiger partial charge >= 0.3 is 0 Å². The molecule has 0 aliphatic heterocycles. The molecular weight excluding hydrogens is 239 g/mol. The summed E-state index contributed by atoms with van der Waals surface area (Å²) >= 11 is 0. The lowest BCUT2D eigenvalue weighted by atomic mass is 9.83. The Hall–Kier alpha value is -1.40. The van der Waals surface area contributed by atoms with E-state index >= 15 is 0 Å². The summed E-state index contributed by atoms with van der Waals surface area (Å²) in [5, 5.41) is 12.4. The van der Waals surface area contributed by atoms with Crippen molar-refractivity contribution in [1.29, 1.82) is 5.26 Å². The first kappa shape index (κ1) is 14.0. The highest BCUT2D eigenvalue weighted by atomic mass is 19.1. The lowest BCUT2D eigenvalue weighted by Gasteiger charge is -2.31. The highest BCUT2D eigenvalue weighted by Gasteiger charge is 2.22. The smallest absolute Gasteiger partial charge is 0.140 e. The zero-order valence-corrected chi connectivity index (χ0v) is 11.5. The van der Waals surface area contributed by atoms with Crippen molar-refractivity contribution in [2.24, 2.45) is 5.92 Å². The third-order valence-electron chi connectivity index (χ3n) is 4.15. The lowest BCUT2D eigenvalue weighted by Crippen LogP contribution is -2.37. The van der Waals surface area contributed by atoms with Gasteiger partial charge in [0.2, 0.25) is 0 Å². The Morgan fingerprint density at radius 2 is 2.16 bits per heavy atom. The monoisotopic (exact) mass is 260 g/mol. The molecule has 2 rings (SSSR count). The summed E-state index contributed by atoms with van der Waals surface area (Å²) < 4.78 is 13.2. The molecule has 0 heterocycles. The molecular formula is C16H21FN2. The molecule has 2 nitrogen and oxygen atoms in total. The van der Waals surface area contributed by atoms with Crippen molar-refractivity contribution in [1.82, 2.24) is 5.32 Å². The van der Waals surface area contributed by atoms with Crippen LogP contribution in [0.2, 0.25) is 0 Å². The molecule has 0 bridgehead atoms. The molecule has 19 heavy (non-hydrogen) atoms. The van der Waals surface area contributed by atoms with Crippen LogP contribution >= 0.6 is 0 Å². The van der Waals surface area contributed by atoms with Gasteiger partial charge in [-0.1, -0.05) is 32.3 Å². The Labute approximate surface area is 114 Å². The van der Waals surface area contributed by atoms with Crippen molar-refractivity contribution in [2.45, 2.75) is 51.6 Å². The largest absolute Gasteiger partial charge is 0.310 e. The maximum Gasteiger partial charge on any atom is 0.140 e. The number of hydrogen-bond donors (Lipinski definition) is 1. The first-order valence-electron chi connectivity index (χ1n) is 7.16. The van der Waals surface area contributed by atoms with Gasteiger partial charge in [0.25, 0.3) is 0 Å². The molecule has 1 aliphatic rings. The molecule has 3 heteroatoms. The molecule has 0 radical (unpaired) electrons. The summed E-state index contributed by atoms with van der Waals surface area (Å²) in [6.07, 6.45) is 6.38. The zero-order chi connectivity index (χ0) is 13.7. The van der Waals surface area contributed by atoms with Crippen LogP contribution in [-0.4, -0.2) is 6.04 Å². The second-order valence-electron chi connectivity index (χ2n) is 5.37. The number of nitriles is 1. The first-order chi connectivity index (χ1) is 9.24. The van der Waals surface area contributed by atoms with E-state index in [2.05, 4.69) is 12.2 Å². The molecule has 2 atom stereocenters. The van der Waals surface area contributed by atoms with E-state index in [-0.39, 0.29) is 5.56 Å². The van der Waals surface area contributed by atoms with E-state index in [1.807, 2.05) is 6.07 Å². The Bertz CT molecular complexity index is 464. The fourth-order valence-corrected chi connectivity index (χ4v) is 2.98. The van der Waals surface area contributed by atoms with Crippen LogP contribution in [0.15, 0.2) is 18.2 Å². The van der Waals surface area contributed by atoms with Crippen molar-refractivity contribution >= 4 is 0 Å². The van der Waals surface area contributed by atoms with Crippen molar-refractivity contribution < 1.29 is 4.39 Å². The fraction of sp³-hybridized carbons (Fsp3) is 0.562. The summed E-state index contributed by atoms with van der Waals surface area (Å²) in [6, 6.07) is 7.24. The summed E-state index contributed by atoms with van der Waals surface area (Å²) in [6.45, 7) is 2.96. The van der Waals surface area contributed by atoms with Crippen LogP contribution in [0.3, 0.4) is 0 Å². The van der Waals surface area contributed by atoms with Gasteiger partial charge in [0.1, 0.15) is 11.9 Å². The molecule has 102 valence electrons. The summed E-state index contributed by atoms with van der Waals surface area (Å²) in [7, 11) is 0. The Balaban J connectivity index is 1.96. The van der Waals surface area contributed by atoms with E-state index in [4.69, 9.17) is 5.26 Å². The van der Waals surface area contributed by atoms with Crippen LogP contribution in [0.5, 0.6) is 0 Å². The van der Waals surface area contributed by atoms with Gasteiger partial charge in [-0.3, -0.25) is 0 Å². The molecule has 1 aliphatic carbocycles. The molecule has 0 amide bonds. The number of nitrogens with zero attached hydrogens (tertiary/aromatic N) is 1. The quantitative estimate of drug-likeness (QED) is 0.894. The molecule has 0 aromatic heterocycles. The van der Waals surface area contributed by atoms with E-state index in [0.29, 0.717) is 6.04 Å². The van der Waals surface area contributed by atoms with Crippen molar-refractivity contribution in [3.05, 3.63) is 35.1 Å². The van der Waals surface area contributed by atoms with Gasteiger partial charge < -0.3 is 5.32 Å². The van der Waals surface area contributed by atoms with E-state index in [1.54, 1.807) is 12.1 Å². The predicted molar refractivity (Wildman–Crippen MR) is 74.0 cm³/mol. The molecule has 1 aromatic carbocycles. The average molecular weight is 260 g/mol. The molecule has 0 saturated heterocycles. The second-order valence-corrected chi connectivity index (χ2v) is 5.37. The fourth-order valence-electron chi connectivity index (χ4n) is 2.98. The van der Waals surface area contributed by atoms with Gasteiger partial charge in [-0.05, 0) is 36.5 Å². The predicted octanol–water partition coefficient (Wildman–Crippen LogP) is 3.76. The van der Waals surface area contributed by atoms with Crippen LogP contribution < -0.4 is 5.32 Å². The molecule has 1 aromatic rings. The number of halogens is 1. The lowest BCUT2D eigenvalue weighted by molar-refractivity contribution is 0.254. The number of nitrogens with one attached hydrogen (secondary N) is 1. The number of benzene rings is 1. The van der Waals surface area contributed by atoms with Gasteiger partial charge in [0.15, 0.2) is 0 Å². The highest BCUT2D eigenvalue weighted by Crippen LogP contribution is 2.27. The SMILES string of the molecule is CCC1CCCCC1NCc1ccc(F)c(C#N)c1. The standard InChI is InChI=1S/C16H21FN2/c1-2-13-5-3-4-6-16(13)19-11-12-7-8-15(17)14(9-12)10-18/h7-9,13,16,19H,2-6,11H2,1H3. The summed E-state index contributed by atoms with van der Waals surface area (Å²) in [5.41, 5.74) is 1.12. The average Bonchev–Trinajstić information content (AvgIpc) is 2.46. The third-order valence-corrected chi connectivity index (χ3v) is 4.15. The maximum atomic E-state index is 13.2.